The van der Waals surface area contributed by atoms with E-state index < -0.39 is 25.4 Å². The number of amides is 1. The van der Waals surface area contributed by atoms with Crippen molar-refractivity contribution < 1.29 is 27.4 Å². The number of benzene rings is 1. The molecule has 0 atom stereocenters. The molecule has 1 aromatic carbocycles. The topological polar surface area (TPSA) is 65.4 Å². The zero-order chi connectivity index (χ0) is 23.7. The standard InChI is InChI=1S/C22H32F3N3O3Si/c1-26-20(29)21(30-2)12-15(13-21)10-19-27-17-11-16(22(23,24)25)6-7-18(17)28(19)14-31-8-9-32(3,4)5/h6-7,11,15H,8-10,12-14H2,1-5H3,(H,26,29). The number of fused-ring (bicyclic) bond motifs is 1. The van der Waals surface area contributed by atoms with E-state index in [1.807, 2.05) is 4.57 Å². The number of aromatic nitrogens is 2. The molecule has 1 aromatic heterocycles. The number of halogens is 3. The van der Waals surface area contributed by atoms with Crippen LogP contribution in [0.3, 0.4) is 0 Å². The van der Waals surface area contributed by atoms with Crippen LogP contribution in [0.1, 0.15) is 24.2 Å². The number of alkyl halides is 3. The highest BCUT2D eigenvalue weighted by Gasteiger charge is 2.50. The SMILES string of the molecule is CNC(=O)C1(OC)CC(Cc2nc3cc(C(F)(F)F)ccc3n2COCC[Si](C)(C)C)C1. The average molecular weight is 472 g/mol. The Morgan fingerprint density at radius 3 is 2.56 bits per heavy atom. The predicted molar refractivity (Wildman–Crippen MR) is 119 cm³/mol. The molecule has 3 rings (SSSR count). The van der Waals surface area contributed by atoms with Crippen LogP contribution in [0.4, 0.5) is 13.2 Å². The summed E-state index contributed by atoms with van der Waals surface area (Å²) in [5, 5.41) is 2.63. The molecule has 0 aliphatic heterocycles. The number of methoxy groups -OCH3 is 1. The van der Waals surface area contributed by atoms with Crippen molar-refractivity contribution in [2.45, 2.75) is 63.5 Å². The molecule has 6 nitrogen and oxygen atoms in total. The van der Waals surface area contributed by atoms with Gasteiger partial charge >= 0.3 is 6.18 Å². The molecule has 178 valence electrons. The zero-order valence-electron chi connectivity index (χ0n) is 19.3. The average Bonchev–Trinajstić information content (AvgIpc) is 3.02. The van der Waals surface area contributed by atoms with Crippen molar-refractivity contribution in [2.24, 2.45) is 5.92 Å². The number of nitrogens with one attached hydrogen (secondary N) is 1. The quantitative estimate of drug-likeness (QED) is 0.434. The lowest BCUT2D eigenvalue weighted by Crippen LogP contribution is -2.56. The second kappa shape index (κ2) is 9.15. The number of carbonyl (C=O) groups is 1. The summed E-state index contributed by atoms with van der Waals surface area (Å²) in [6.07, 6.45) is -2.81. The van der Waals surface area contributed by atoms with E-state index in [-0.39, 0.29) is 18.6 Å². The second-order valence-corrected chi connectivity index (χ2v) is 15.4. The van der Waals surface area contributed by atoms with Gasteiger partial charge in [-0.3, -0.25) is 4.79 Å². The first kappa shape index (κ1) is 24.7. The summed E-state index contributed by atoms with van der Waals surface area (Å²) < 4.78 is 52.8. The molecular weight excluding hydrogens is 439 g/mol. The van der Waals surface area contributed by atoms with Gasteiger partial charge in [0.25, 0.3) is 5.91 Å². The zero-order valence-corrected chi connectivity index (χ0v) is 20.3. The van der Waals surface area contributed by atoms with E-state index >= 15 is 0 Å². The van der Waals surface area contributed by atoms with Gasteiger partial charge in [0, 0.05) is 35.3 Å². The van der Waals surface area contributed by atoms with Crippen LogP contribution in [-0.4, -0.2) is 49.9 Å². The third-order valence-electron chi connectivity index (χ3n) is 6.11. The third-order valence-corrected chi connectivity index (χ3v) is 7.82. The Balaban J connectivity index is 1.82. The largest absolute Gasteiger partial charge is 0.416 e. The number of hydrogen-bond donors (Lipinski definition) is 1. The molecule has 0 saturated heterocycles. The lowest BCUT2D eigenvalue weighted by atomic mass is 9.68. The fourth-order valence-corrected chi connectivity index (χ4v) is 4.89. The highest BCUT2D eigenvalue weighted by Crippen LogP contribution is 2.43. The number of rotatable bonds is 9. The molecule has 1 aliphatic rings. The highest BCUT2D eigenvalue weighted by atomic mass is 28.3. The van der Waals surface area contributed by atoms with E-state index in [0.29, 0.717) is 42.7 Å². The maximum Gasteiger partial charge on any atom is 0.416 e. The van der Waals surface area contributed by atoms with Gasteiger partial charge in [-0.15, -0.1) is 0 Å². The molecule has 32 heavy (non-hydrogen) atoms. The molecular formula is C22H32F3N3O3Si. The monoisotopic (exact) mass is 471 g/mol. The number of imidazole rings is 1. The van der Waals surface area contributed by atoms with Gasteiger partial charge in [-0.1, -0.05) is 19.6 Å². The molecule has 1 heterocycles. The van der Waals surface area contributed by atoms with Crippen LogP contribution in [0.5, 0.6) is 0 Å². The second-order valence-electron chi connectivity index (χ2n) is 9.76. The van der Waals surface area contributed by atoms with Crippen molar-refractivity contribution in [3.05, 3.63) is 29.6 Å². The Hall–Kier alpha value is -1.91. The van der Waals surface area contributed by atoms with Crippen LogP contribution < -0.4 is 5.32 Å². The molecule has 0 unspecified atom stereocenters. The normalized spacial score (nSPS) is 21.6. The van der Waals surface area contributed by atoms with Crippen molar-refractivity contribution in [1.29, 1.82) is 0 Å². The summed E-state index contributed by atoms with van der Waals surface area (Å²) in [6.45, 7) is 7.62. The molecule has 2 aromatic rings. The number of hydrogen-bond acceptors (Lipinski definition) is 4. The first-order valence-corrected chi connectivity index (χ1v) is 14.5. The van der Waals surface area contributed by atoms with Crippen molar-refractivity contribution >= 4 is 25.0 Å². The van der Waals surface area contributed by atoms with Crippen LogP contribution in [0, 0.1) is 5.92 Å². The molecule has 10 heteroatoms. The Morgan fingerprint density at radius 2 is 2.00 bits per heavy atom. The van der Waals surface area contributed by atoms with Gasteiger partial charge in [0.2, 0.25) is 0 Å². The molecule has 0 spiro atoms. The number of ether oxygens (including phenoxy) is 2. The lowest BCUT2D eigenvalue weighted by Gasteiger charge is -2.44. The van der Waals surface area contributed by atoms with Crippen LogP contribution >= 0.6 is 0 Å². The van der Waals surface area contributed by atoms with Gasteiger partial charge in [-0.05, 0) is 43.0 Å². The molecule has 1 amide bonds. The molecule has 1 saturated carbocycles. The van der Waals surface area contributed by atoms with Gasteiger partial charge in [0.1, 0.15) is 18.2 Å². The smallest absolute Gasteiger partial charge is 0.368 e. The van der Waals surface area contributed by atoms with Gasteiger partial charge in [0.05, 0.1) is 16.6 Å². The van der Waals surface area contributed by atoms with Gasteiger partial charge in [0.15, 0.2) is 0 Å². The van der Waals surface area contributed by atoms with Crippen LogP contribution in [0.2, 0.25) is 25.7 Å². The van der Waals surface area contributed by atoms with Crippen molar-refractivity contribution in [3.8, 4) is 0 Å². The first-order chi connectivity index (χ1) is 14.9. The predicted octanol–water partition coefficient (Wildman–Crippen LogP) is 4.45. The molecule has 0 radical (unpaired) electrons. The number of nitrogens with zero attached hydrogens (tertiary/aromatic N) is 2. The molecule has 1 aliphatic carbocycles. The van der Waals surface area contributed by atoms with E-state index in [2.05, 4.69) is 29.9 Å². The van der Waals surface area contributed by atoms with Crippen molar-refractivity contribution in [1.82, 2.24) is 14.9 Å². The maximum atomic E-state index is 13.2. The molecule has 1 fully saturated rings. The van der Waals surface area contributed by atoms with Gasteiger partial charge < -0.3 is 19.4 Å². The minimum absolute atomic E-state index is 0.145. The van der Waals surface area contributed by atoms with E-state index in [4.69, 9.17) is 9.47 Å². The van der Waals surface area contributed by atoms with E-state index in [1.165, 1.54) is 13.2 Å². The third kappa shape index (κ3) is 5.35. The highest BCUT2D eigenvalue weighted by molar-refractivity contribution is 6.76. The summed E-state index contributed by atoms with van der Waals surface area (Å²) in [5.74, 6) is 0.653. The Labute approximate surface area is 187 Å². The van der Waals surface area contributed by atoms with Crippen LogP contribution in [0.25, 0.3) is 11.0 Å². The fraction of sp³-hybridized carbons (Fsp3) is 0.636. The summed E-state index contributed by atoms with van der Waals surface area (Å²) in [7, 11) is 1.84. The minimum atomic E-state index is -4.43. The van der Waals surface area contributed by atoms with E-state index in [9.17, 15) is 18.0 Å². The molecule has 1 N–H and O–H groups in total. The summed E-state index contributed by atoms with van der Waals surface area (Å²) >= 11 is 0. The number of carbonyl (C=O) groups excluding carboxylic acids is 1. The maximum absolute atomic E-state index is 13.2. The van der Waals surface area contributed by atoms with Crippen LogP contribution in [-0.2, 0) is 33.6 Å². The summed E-state index contributed by atoms with van der Waals surface area (Å²) in [4.78, 5) is 16.7. The summed E-state index contributed by atoms with van der Waals surface area (Å²) in [6, 6.07) is 4.62. The Bertz CT molecular complexity index is 963. The number of likely N-dealkylation sites (N-methyl/N-ethyl adjacent to an activating group) is 1. The Kier molecular flexibility index (Phi) is 7.07. The minimum Gasteiger partial charge on any atom is -0.368 e. The van der Waals surface area contributed by atoms with Crippen molar-refractivity contribution in [2.75, 3.05) is 20.8 Å². The van der Waals surface area contributed by atoms with E-state index in [0.717, 1.165) is 18.2 Å². The first-order valence-electron chi connectivity index (χ1n) is 10.8. The lowest BCUT2D eigenvalue weighted by molar-refractivity contribution is -0.161. The van der Waals surface area contributed by atoms with Gasteiger partial charge in [-0.25, -0.2) is 4.98 Å². The van der Waals surface area contributed by atoms with Crippen LogP contribution in [0.15, 0.2) is 18.2 Å². The molecule has 0 bridgehead atoms. The Morgan fingerprint density at radius 1 is 1.31 bits per heavy atom. The summed E-state index contributed by atoms with van der Waals surface area (Å²) in [5.41, 5.74) is -0.646. The van der Waals surface area contributed by atoms with Gasteiger partial charge in [-0.2, -0.15) is 13.2 Å². The fourth-order valence-electron chi connectivity index (χ4n) is 4.14. The van der Waals surface area contributed by atoms with Crippen molar-refractivity contribution in [3.63, 3.8) is 0 Å². The van der Waals surface area contributed by atoms with E-state index in [1.54, 1.807) is 7.05 Å².